The van der Waals surface area contributed by atoms with Crippen LogP contribution in [0.2, 0.25) is 0 Å². The van der Waals surface area contributed by atoms with Gasteiger partial charge in [0.2, 0.25) is 16.9 Å². The highest BCUT2D eigenvalue weighted by Gasteiger charge is 2.35. The standard InChI is InChI=1S/C14H12F3N5O2S2/c1-6(25-13-21-20-12(18)26-13)11(24)22-5-10(23)19-8-4-7(14(15,16)17)2-3-9(8)22/h2-4,6H,5H2,1H3,(H2,18,20)(H,19,23)/t6-/m1/s1. The number of nitrogens with zero attached hydrogens (tertiary/aromatic N) is 3. The first-order valence-corrected chi connectivity index (χ1v) is 8.93. The van der Waals surface area contributed by atoms with Gasteiger partial charge in [0.25, 0.3) is 0 Å². The predicted molar refractivity (Wildman–Crippen MR) is 92.1 cm³/mol. The molecular weight excluding hydrogens is 391 g/mol. The summed E-state index contributed by atoms with van der Waals surface area (Å²) < 4.78 is 39.1. The number of amides is 2. The lowest BCUT2D eigenvalue weighted by Crippen LogP contribution is -2.45. The molecule has 0 unspecified atom stereocenters. The number of aromatic nitrogens is 2. The Morgan fingerprint density at radius 1 is 1.42 bits per heavy atom. The molecule has 7 nitrogen and oxygen atoms in total. The first kappa shape index (κ1) is 18.5. The third-order valence-corrected chi connectivity index (χ3v) is 5.43. The summed E-state index contributed by atoms with van der Waals surface area (Å²) in [6.45, 7) is 1.33. The molecule has 0 spiro atoms. The molecule has 1 aliphatic heterocycles. The molecule has 26 heavy (non-hydrogen) atoms. The van der Waals surface area contributed by atoms with Crippen LogP contribution in [0.3, 0.4) is 0 Å². The fraction of sp³-hybridized carbons (Fsp3) is 0.286. The smallest absolute Gasteiger partial charge is 0.374 e. The van der Waals surface area contributed by atoms with E-state index in [0.717, 1.165) is 40.1 Å². The van der Waals surface area contributed by atoms with Crippen LogP contribution in [0.4, 0.5) is 29.7 Å². The molecule has 12 heteroatoms. The molecule has 0 fully saturated rings. The zero-order valence-corrected chi connectivity index (χ0v) is 14.8. The minimum atomic E-state index is -4.55. The van der Waals surface area contributed by atoms with Crippen LogP contribution in [-0.2, 0) is 15.8 Å². The molecule has 0 bridgehead atoms. The van der Waals surface area contributed by atoms with Gasteiger partial charge in [0.1, 0.15) is 6.54 Å². The SMILES string of the molecule is C[C@@H](Sc1nnc(N)s1)C(=O)N1CC(=O)Nc2cc(C(F)(F)F)ccc21. The first-order valence-electron chi connectivity index (χ1n) is 7.23. The van der Waals surface area contributed by atoms with Gasteiger partial charge in [0, 0.05) is 0 Å². The number of carbonyl (C=O) groups excluding carboxylic acids is 2. The van der Waals surface area contributed by atoms with Gasteiger partial charge in [0.05, 0.1) is 22.2 Å². The van der Waals surface area contributed by atoms with Crippen LogP contribution in [0.5, 0.6) is 0 Å². The zero-order chi connectivity index (χ0) is 19.1. The molecule has 0 radical (unpaired) electrons. The van der Waals surface area contributed by atoms with Crippen molar-refractivity contribution in [2.45, 2.75) is 22.7 Å². The molecule has 1 aliphatic rings. The molecular formula is C14H12F3N5O2S2. The molecule has 3 N–H and O–H groups in total. The van der Waals surface area contributed by atoms with Gasteiger partial charge in [-0.2, -0.15) is 13.2 Å². The van der Waals surface area contributed by atoms with Crippen LogP contribution in [0.25, 0.3) is 0 Å². The number of anilines is 3. The van der Waals surface area contributed by atoms with E-state index in [4.69, 9.17) is 5.73 Å². The van der Waals surface area contributed by atoms with Gasteiger partial charge in [-0.15, -0.1) is 10.2 Å². The van der Waals surface area contributed by atoms with Crippen LogP contribution in [-0.4, -0.2) is 33.8 Å². The Bertz CT molecular complexity index is 871. The minimum absolute atomic E-state index is 0.0539. The van der Waals surface area contributed by atoms with E-state index in [2.05, 4.69) is 15.5 Å². The number of hydrogen-bond donors (Lipinski definition) is 2. The number of nitrogen functional groups attached to an aromatic ring is 1. The molecule has 1 aromatic heterocycles. The highest BCUT2D eigenvalue weighted by Crippen LogP contribution is 2.38. The molecule has 0 saturated carbocycles. The molecule has 1 atom stereocenters. The molecule has 0 saturated heterocycles. The second kappa shape index (κ2) is 6.76. The number of alkyl halides is 3. The van der Waals surface area contributed by atoms with Crippen LogP contribution in [0.1, 0.15) is 12.5 Å². The van der Waals surface area contributed by atoms with Crippen molar-refractivity contribution in [1.82, 2.24) is 10.2 Å². The van der Waals surface area contributed by atoms with Crippen molar-refractivity contribution in [3.8, 4) is 0 Å². The van der Waals surface area contributed by atoms with Gasteiger partial charge in [-0.05, 0) is 25.1 Å². The lowest BCUT2D eigenvalue weighted by atomic mass is 10.1. The van der Waals surface area contributed by atoms with Crippen molar-refractivity contribution in [1.29, 1.82) is 0 Å². The van der Waals surface area contributed by atoms with E-state index >= 15 is 0 Å². The third-order valence-electron chi connectivity index (χ3n) is 3.50. The molecule has 2 heterocycles. The van der Waals surface area contributed by atoms with Crippen molar-refractivity contribution < 1.29 is 22.8 Å². The number of fused-ring (bicyclic) bond motifs is 1. The lowest BCUT2D eigenvalue weighted by Gasteiger charge is -2.31. The van der Waals surface area contributed by atoms with E-state index in [9.17, 15) is 22.8 Å². The first-order chi connectivity index (χ1) is 12.1. The van der Waals surface area contributed by atoms with Gasteiger partial charge in [0.15, 0.2) is 4.34 Å². The summed E-state index contributed by atoms with van der Waals surface area (Å²) in [4.78, 5) is 25.7. The Kier molecular flexibility index (Phi) is 4.80. The molecule has 2 amide bonds. The fourth-order valence-electron chi connectivity index (χ4n) is 2.35. The van der Waals surface area contributed by atoms with Crippen LogP contribution >= 0.6 is 23.1 Å². The Balaban J connectivity index is 1.86. The average Bonchev–Trinajstić information content (AvgIpc) is 2.96. The fourth-order valence-corrected chi connectivity index (χ4v) is 4.19. The Hall–Kier alpha value is -2.34. The van der Waals surface area contributed by atoms with Gasteiger partial charge >= 0.3 is 6.18 Å². The molecule has 138 valence electrons. The number of benzene rings is 1. The zero-order valence-electron chi connectivity index (χ0n) is 13.2. The summed E-state index contributed by atoms with van der Waals surface area (Å²) in [6.07, 6.45) is -4.55. The molecule has 1 aromatic carbocycles. The van der Waals surface area contributed by atoms with E-state index in [0.29, 0.717) is 4.34 Å². The molecule has 3 rings (SSSR count). The summed E-state index contributed by atoms with van der Waals surface area (Å²) in [6, 6.07) is 2.87. The van der Waals surface area contributed by atoms with Gasteiger partial charge in [-0.1, -0.05) is 23.1 Å². The Morgan fingerprint density at radius 2 is 2.15 bits per heavy atom. The second-order valence-electron chi connectivity index (χ2n) is 5.37. The van der Waals surface area contributed by atoms with Gasteiger partial charge in [-0.25, -0.2) is 0 Å². The summed E-state index contributed by atoms with van der Waals surface area (Å²) in [5.41, 5.74) is 4.75. The maximum absolute atomic E-state index is 12.9. The minimum Gasteiger partial charge on any atom is -0.374 e. The maximum atomic E-state index is 12.9. The van der Waals surface area contributed by atoms with E-state index in [-0.39, 0.29) is 23.1 Å². The monoisotopic (exact) mass is 403 g/mol. The Labute approximate surface area is 153 Å². The van der Waals surface area contributed by atoms with Crippen molar-refractivity contribution in [3.05, 3.63) is 23.8 Å². The van der Waals surface area contributed by atoms with Crippen LogP contribution in [0, 0.1) is 0 Å². The summed E-state index contributed by atoms with van der Waals surface area (Å²) >= 11 is 2.23. The van der Waals surface area contributed by atoms with E-state index in [1.807, 2.05) is 0 Å². The summed E-state index contributed by atoms with van der Waals surface area (Å²) in [7, 11) is 0. The number of halogens is 3. The van der Waals surface area contributed by atoms with E-state index in [1.165, 1.54) is 6.07 Å². The normalized spacial score (nSPS) is 15.4. The third kappa shape index (κ3) is 3.75. The lowest BCUT2D eigenvalue weighted by molar-refractivity contribution is -0.137. The number of rotatable bonds is 3. The quantitative estimate of drug-likeness (QED) is 0.764. The number of carbonyl (C=O) groups is 2. The van der Waals surface area contributed by atoms with E-state index in [1.54, 1.807) is 6.92 Å². The van der Waals surface area contributed by atoms with Crippen molar-refractivity contribution in [2.24, 2.45) is 0 Å². The van der Waals surface area contributed by atoms with Crippen LogP contribution in [0.15, 0.2) is 22.5 Å². The van der Waals surface area contributed by atoms with Gasteiger partial charge < -0.3 is 11.1 Å². The summed E-state index contributed by atoms with van der Waals surface area (Å²) in [5, 5.41) is 9.46. The van der Waals surface area contributed by atoms with Crippen molar-refractivity contribution in [2.75, 3.05) is 22.5 Å². The van der Waals surface area contributed by atoms with Crippen molar-refractivity contribution >= 4 is 51.4 Å². The van der Waals surface area contributed by atoms with E-state index < -0.39 is 28.8 Å². The number of hydrogen-bond acceptors (Lipinski definition) is 7. The second-order valence-corrected chi connectivity index (χ2v) is 7.97. The summed E-state index contributed by atoms with van der Waals surface area (Å²) in [5.74, 6) is -0.998. The molecule has 2 aromatic rings. The maximum Gasteiger partial charge on any atom is 0.416 e. The largest absolute Gasteiger partial charge is 0.416 e. The highest BCUT2D eigenvalue weighted by molar-refractivity contribution is 8.02. The number of nitrogens with one attached hydrogen (secondary N) is 1. The number of thioether (sulfide) groups is 1. The molecule has 0 aliphatic carbocycles. The van der Waals surface area contributed by atoms with Crippen LogP contribution < -0.4 is 16.0 Å². The van der Waals surface area contributed by atoms with Crippen molar-refractivity contribution in [3.63, 3.8) is 0 Å². The predicted octanol–water partition coefficient (Wildman–Crippen LogP) is 2.61. The topological polar surface area (TPSA) is 101 Å². The average molecular weight is 403 g/mol. The Morgan fingerprint density at radius 3 is 2.77 bits per heavy atom. The van der Waals surface area contributed by atoms with Gasteiger partial charge in [-0.3, -0.25) is 14.5 Å². The number of nitrogens with two attached hydrogens (primary N) is 1. The highest BCUT2D eigenvalue weighted by atomic mass is 32.2.